The van der Waals surface area contributed by atoms with E-state index in [9.17, 15) is 4.57 Å². The van der Waals surface area contributed by atoms with Crippen molar-refractivity contribution in [1.29, 1.82) is 0 Å². The van der Waals surface area contributed by atoms with Gasteiger partial charge in [-0.25, -0.2) is 4.98 Å². The maximum atomic E-state index is 9.51. The van der Waals surface area contributed by atoms with Gasteiger partial charge in [-0.15, -0.1) is 0 Å². The maximum Gasteiger partial charge on any atom is 0.373 e. The fourth-order valence-electron chi connectivity index (χ4n) is 3.34. The lowest BCUT2D eigenvalue weighted by Gasteiger charge is -2.07. The van der Waals surface area contributed by atoms with Crippen molar-refractivity contribution in [2.45, 2.75) is 0 Å². The first-order valence-corrected chi connectivity index (χ1v) is 16.1. The summed E-state index contributed by atoms with van der Waals surface area (Å²) in [7, 11) is 3.31. The number of rotatable bonds is 4. The highest BCUT2D eigenvalue weighted by Crippen LogP contribution is 2.61. The van der Waals surface area contributed by atoms with E-state index in [1.807, 2.05) is 97.1 Å². The molecule has 0 amide bonds. The fourth-order valence-corrected chi connectivity index (χ4v) is 3.66. The zero-order chi connectivity index (χ0) is 29.5. The predicted octanol–water partition coefficient (Wildman–Crippen LogP) is 9.72. The van der Waals surface area contributed by atoms with Gasteiger partial charge in [0.2, 0.25) is 0 Å². The van der Waals surface area contributed by atoms with Crippen LogP contribution in [0.15, 0.2) is 97.1 Å². The monoisotopic (exact) mass is 638 g/mol. The Kier molecular flexibility index (Phi) is 13.8. The standard InChI is InChI=1S/C14H10ClNO.C13H13NO.CO2.Cl3OP/c1-17-9-6-7-11-13(8-9)16-12-5-3-2-4-10(12)14(11)15;1-15-13-9-5-8-12(10-13)14-11-6-3-2-4-7-11;2-1-3;1-5(2,3)4/h2-8H,1H3;2-10,14H,1H3;;. The summed E-state index contributed by atoms with van der Waals surface area (Å²) in [4.78, 5) is 20.8. The molecule has 40 heavy (non-hydrogen) atoms. The third kappa shape index (κ3) is 11.4. The largest absolute Gasteiger partial charge is 0.497 e. The van der Waals surface area contributed by atoms with E-state index in [1.165, 1.54) is 0 Å². The van der Waals surface area contributed by atoms with Crippen molar-refractivity contribution in [3.63, 3.8) is 0 Å². The minimum absolute atomic E-state index is 0.250. The van der Waals surface area contributed by atoms with Crippen molar-refractivity contribution in [2.75, 3.05) is 19.5 Å². The minimum Gasteiger partial charge on any atom is -0.497 e. The molecule has 0 atom stereocenters. The summed E-state index contributed by atoms with van der Waals surface area (Å²) in [5.74, 6) is 1.65. The molecular formula is C28H23Cl4N2O5P. The highest BCUT2D eigenvalue weighted by molar-refractivity contribution is 8.24. The number of hydrogen-bond acceptors (Lipinski definition) is 7. The van der Waals surface area contributed by atoms with Crippen LogP contribution in [0.25, 0.3) is 21.8 Å². The molecule has 0 bridgehead atoms. The maximum absolute atomic E-state index is 9.51. The third-order valence-electron chi connectivity index (χ3n) is 4.95. The summed E-state index contributed by atoms with van der Waals surface area (Å²) in [6.45, 7) is 0. The number of anilines is 2. The van der Waals surface area contributed by atoms with Gasteiger partial charge in [-0.2, -0.15) is 9.59 Å². The molecule has 0 saturated heterocycles. The van der Waals surface area contributed by atoms with Crippen LogP contribution in [-0.4, -0.2) is 25.4 Å². The molecule has 1 N–H and O–H groups in total. The lowest BCUT2D eigenvalue weighted by Crippen LogP contribution is -1.90. The summed E-state index contributed by atoms with van der Waals surface area (Å²) in [6.07, 6.45) is 0.250. The third-order valence-corrected chi connectivity index (χ3v) is 5.36. The Hall–Kier alpha value is -3.28. The molecule has 0 aliphatic rings. The minimum atomic E-state index is -3.22. The number of pyridine rings is 1. The zero-order valence-corrected chi connectivity index (χ0v) is 25.1. The number of fused-ring (bicyclic) bond motifs is 2. The van der Waals surface area contributed by atoms with Crippen molar-refractivity contribution >= 4 is 89.9 Å². The topological polar surface area (TPSA) is 94.6 Å². The Bertz CT molecular complexity index is 1600. The number of ether oxygens (including phenoxy) is 2. The Morgan fingerprint density at radius 1 is 0.700 bits per heavy atom. The number of halogens is 4. The molecule has 1 heterocycles. The molecule has 0 spiro atoms. The predicted molar refractivity (Wildman–Crippen MR) is 164 cm³/mol. The van der Waals surface area contributed by atoms with Gasteiger partial charge in [-0.3, -0.25) is 4.57 Å². The van der Waals surface area contributed by atoms with Crippen LogP contribution < -0.4 is 14.8 Å². The average Bonchev–Trinajstić information content (AvgIpc) is 2.93. The molecule has 0 aliphatic carbocycles. The highest BCUT2D eigenvalue weighted by atomic mass is 36.0. The SMILES string of the molecule is COc1ccc2c(Cl)c3ccccc3nc2c1.COc1cccc(Nc2ccccc2)c1.O=C=O.O=P(Cl)(Cl)Cl. The lowest BCUT2D eigenvalue weighted by molar-refractivity contribution is -0.191. The van der Waals surface area contributed by atoms with E-state index in [-0.39, 0.29) is 6.15 Å². The van der Waals surface area contributed by atoms with Crippen LogP contribution in [0.3, 0.4) is 0 Å². The number of hydrogen-bond donors (Lipinski definition) is 1. The zero-order valence-electron chi connectivity index (χ0n) is 21.2. The Morgan fingerprint density at radius 2 is 1.23 bits per heavy atom. The van der Waals surface area contributed by atoms with Crippen molar-refractivity contribution < 1.29 is 23.6 Å². The number of nitrogens with one attached hydrogen (secondary N) is 1. The summed E-state index contributed by atoms with van der Waals surface area (Å²) in [6, 6.07) is 31.5. The van der Waals surface area contributed by atoms with Crippen LogP contribution >= 0.6 is 50.5 Å². The van der Waals surface area contributed by atoms with Gasteiger partial charge in [0.05, 0.1) is 30.3 Å². The number of para-hydroxylation sites is 2. The molecule has 7 nitrogen and oxygen atoms in total. The second-order valence-electron chi connectivity index (χ2n) is 7.53. The van der Waals surface area contributed by atoms with Crippen LogP contribution in [-0.2, 0) is 14.2 Å². The first kappa shape index (κ1) is 32.9. The molecule has 12 heteroatoms. The summed E-state index contributed by atoms with van der Waals surface area (Å²) in [5.41, 5.74) is 3.86. The van der Waals surface area contributed by atoms with E-state index in [1.54, 1.807) is 14.2 Å². The van der Waals surface area contributed by atoms with E-state index in [4.69, 9.17) is 30.7 Å². The van der Waals surface area contributed by atoms with Gasteiger partial charge < -0.3 is 14.8 Å². The van der Waals surface area contributed by atoms with Crippen molar-refractivity contribution in [1.82, 2.24) is 4.98 Å². The average molecular weight is 640 g/mol. The fraction of sp³-hybridized carbons (Fsp3) is 0.0714. The van der Waals surface area contributed by atoms with E-state index >= 15 is 0 Å². The van der Waals surface area contributed by atoms with E-state index in [0.29, 0.717) is 0 Å². The molecule has 5 rings (SSSR count). The van der Waals surface area contributed by atoms with Crippen LogP contribution in [0, 0.1) is 0 Å². The summed E-state index contributed by atoms with van der Waals surface area (Å²) >= 11 is 20.2. The molecule has 1 aromatic heterocycles. The van der Waals surface area contributed by atoms with E-state index in [2.05, 4.69) is 44.0 Å². The molecule has 5 aromatic rings. The second kappa shape index (κ2) is 16.7. The van der Waals surface area contributed by atoms with Crippen molar-refractivity contribution in [2.24, 2.45) is 0 Å². The Labute approximate surface area is 250 Å². The molecule has 0 radical (unpaired) electrons. The van der Waals surface area contributed by atoms with Crippen LogP contribution in [0.2, 0.25) is 5.02 Å². The highest BCUT2D eigenvalue weighted by Gasteiger charge is 2.07. The van der Waals surface area contributed by atoms with Crippen LogP contribution in [0.5, 0.6) is 11.5 Å². The molecule has 0 unspecified atom stereocenters. The normalized spacial score (nSPS) is 9.95. The molecule has 208 valence electrons. The molecular weight excluding hydrogens is 617 g/mol. The van der Waals surface area contributed by atoms with Gasteiger partial charge in [0, 0.05) is 34.3 Å². The van der Waals surface area contributed by atoms with E-state index < -0.39 is 5.20 Å². The number of aromatic nitrogens is 1. The molecule has 4 aromatic carbocycles. The lowest BCUT2D eigenvalue weighted by atomic mass is 10.1. The number of benzene rings is 4. The number of carbonyl (C=O) groups excluding carboxylic acids is 2. The van der Waals surface area contributed by atoms with Crippen LogP contribution in [0.4, 0.5) is 11.4 Å². The van der Waals surface area contributed by atoms with Crippen LogP contribution in [0.1, 0.15) is 0 Å². The first-order valence-electron chi connectivity index (χ1n) is 11.3. The molecule has 0 saturated carbocycles. The first-order chi connectivity index (χ1) is 19.1. The van der Waals surface area contributed by atoms with Gasteiger partial charge in [-0.1, -0.05) is 54.1 Å². The summed E-state index contributed by atoms with van der Waals surface area (Å²) < 4.78 is 19.9. The Morgan fingerprint density at radius 3 is 1.85 bits per heavy atom. The van der Waals surface area contributed by atoms with Crippen molar-refractivity contribution in [3.05, 3.63) is 102 Å². The van der Waals surface area contributed by atoms with Crippen molar-refractivity contribution in [3.8, 4) is 11.5 Å². The molecule has 0 fully saturated rings. The van der Waals surface area contributed by atoms with Gasteiger partial charge in [0.1, 0.15) is 11.5 Å². The van der Waals surface area contributed by atoms with Gasteiger partial charge in [0.15, 0.2) is 0 Å². The van der Waals surface area contributed by atoms with Gasteiger partial charge in [-0.05, 0) is 76.2 Å². The second-order valence-corrected chi connectivity index (χ2v) is 14.5. The molecule has 0 aliphatic heterocycles. The smallest absolute Gasteiger partial charge is 0.373 e. The van der Waals surface area contributed by atoms with E-state index in [0.717, 1.165) is 49.7 Å². The van der Waals surface area contributed by atoms with Gasteiger partial charge >= 0.3 is 11.4 Å². The number of methoxy groups -OCH3 is 2. The number of nitrogens with zero attached hydrogens (tertiary/aromatic N) is 1. The van der Waals surface area contributed by atoms with Gasteiger partial charge in [0.25, 0.3) is 0 Å². The quantitative estimate of drug-likeness (QED) is 0.154. The summed E-state index contributed by atoms with van der Waals surface area (Å²) in [5, 5.41) is 2.75. The Balaban J connectivity index is 0.000000223.